The molecule has 0 amide bonds. The molecule has 1 aliphatic carbocycles. The largest absolute Gasteiger partial charge is 0.350 e. The summed E-state index contributed by atoms with van der Waals surface area (Å²) in [4.78, 5) is 24.4. The first kappa shape index (κ1) is 17.5. The highest BCUT2D eigenvalue weighted by Crippen LogP contribution is 2.54. The third-order valence-electron chi connectivity index (χ3n) is 6.07. The maximum atomic E-state index is 12.5. The van der Waals surface area contributed by atoms with Crippen LogP contribution in [0.4, 0.5) is 0 Å². The summed E-state index contributed by atoms with van der Waals surface area (Å²) in [6.07, 6.45) is 2.17. The van der Waals surface area contributed by atoms with Crippen molar-refractivity contribution in [1.29, 1.82) is 0 Å². The van der Waals surface area contributed by atoms with Gasteiger partial charge in [0.1, 0.15) is 5.78 Å². The lowest BCUT2D eigenvalue weighted by Gasteiger charge is -2.40. The van der Waals surface area contributed by atoms with Crippen molar-refractivity contribution < 1.29 is 9.72 Å². The third kappa shape index (κ3) is 2.41. The molecule has 5 nitrogen and oxygen atoms in total. The molecule has 0 N–H and O–H groups in total. The molecular formula is C22H22N2O3. The smallest absolute Gasteiger partial charge is 0.237 e. The molecule has 0 saturated carbocycles. The van der Waals surface area contributed by atoms with Crippen molar-refractivity contribution >= 4 is 16.7 Å². The molecule has 4 rings (SSSR count). The zero-order valence-corrected chi connectivity index (χ0v) is 15.7. The van der Waals surface area contributed by atoms with Crippen LogP contribution in [0.5, 0.6) is 0 Å². The average Bonchev–Trinajstić information content (AvgIpc) is 2.96. The van der Waals surface area contributed by atoms with Gasteiger partial charge in [0.25, 0.3) is 0 Å². The van der Waals surface area contributed by atoms with E-state index in [4.69, 9.17) is 0 Å². The van der Waals surface area contributed by atoms with Gasteiger partial charge in [0.15, 0.2) is 0 Å². The lowest BCUT2D eigenvalue weighted by atomic mass is 9.62. The van der Waals surface area contributed by atoms with E-state index in [2.05, 4.69) is 0 Å². The van der Waals surface area contributed by atoms with Crippen LogP contribution in [0.1, 0.15) is 48.8 Å². The van der Waals surface area contributed by atoms with Crippen LogP contribution in [0.3, 0.4) is 0 Å². The van der Waals surface area contributed by atoms with E-state index in [0.717, 1.165) is 27.6 Å². The number of carbonyl (C=O) groups excluding carboxylic acids is 1. The second kappa shape index (κ2) is 6.05. The predicted molar refractivity (Wildman–Crippen MR) is 105 cm³/mol. The lowest BCUT2D eigenvalue weighted by Crippen LogP contribution is -2.49. The standard InChI is InChI=1S/C22H22N2O3/c1-14(25)12-18-16-10-7-11-19-20(16)17(13-23(19)3)21(22(18,2)24(26)27)15-8-5-4-6-9-15/h4-11,13,18,21H,12H2,1-3H3/t18-,21+,22+/m0/s1. The van der Waals surface area contributed by atoms with Crippen molar-refractivity contribution in [1.82, 2.24) is 4.57 Å². The Morgan fingerprint density at radius 1 is 1.15 bits per heavy atom. The third-order valence-corrected chi connectivity index (χ3v) is 6.07. The fraction of sp³-hybridized carbons (Fsp3) is 0.318. The van der Waals surface area contributed by atoms with E-state index < -0.39 is 17.4 Å². The maximum absolute atomic E-state index is 12.5. The van der Waals surface area contributed by atoms with Crippen LogP contribution in [-0.4, -0.2) is 20.8 Å². The van der Waals surface area contributed by atoms with Gasteiger partial charge in [0.2, 0.25) is 5.54 Å². The monoisotopic (exact) mass is 362 g/mol. The summed E-state index contributed by atoms with van der Waals surface area (Å²) in [7, 11) is 1.96. The summed E-state index contributed by atoms with van der Waals surface area (Å²) in [5, 5.41) is 13.5. The number of aromatic nitrogens is 1. The Balaban J connectivity index is 2.11. The van der Waals surface area contributed by atoms with Gasteiger partial charge in [-0.3, -0.25) is 10.1 Å². The fourth-order valence-corrected chi connectivity index (χ4v) is 4.85. The molecule has 0 unspecified atom stereocenters. The Kier molecular flexibility index (Phi) is 3.91. The molecule has 1 aromatic heterocycles. The van der Waals surface area contributed by atoms with Crippen LogP contribution in [-0.2, 0) is 11.8 Å². The van der Waals surface area contributed by atoms with Crippen molar-refractivity contribution in [3.63, 3.8) is 0 Å². The van der Waals surface area contributed by atoms with Gasteiger partial charge < -0.3 is 9.36 Å². The van der Waals surface area contributed by atoms with Gasteiger partial charge in [0, 0.05) is 42.4 Å². The molecule has 138 valence electrons. The number of benzene rings is 2. The SMILES string of the molecule is CC(=O)C[C@H]1c2cccc3c2c(cn3C)[C@@H](c2ccccc2)[C@]1(C)[N+](=O)[O-]. The molecule has 3 atom stereocenters. The number of Topliss-reactive ketones (excluding diaryl/α,β-unsaturated/α-hetero) is 1. The molecule has 0 spiro atoms. The minimum absolute atomic E-state index is 0.0312. The summed E-state index contributed by atoms with van der Waals surface area (Å²) < 4.78 is 2.03. The van der Waals surface area contributed by atoms with E-state index in [1.165, 1.54) is 6.92 Å². The van der Waals surface area contributed by atoms with Crippen LogP contribution in [0.25, 0.3) is 10.9 Å². The zero-order chi connectivity index (χ0) is 19.3. The number of nitrogens with zero attached hydrogens (tertiary/aromatic N) is 2. The lowest BCUT2D eigenvalue weighted by molar-refractivity contribution is -0.573. The molecule has 0 saturated heterocycles. The number of carbonyl (C=O) groups is 1. The zero-order valence-electron chi connectivity index (χ0n) is 15.7. The minimum Gasteiger partial charge on any atom is -0.350 e. The summed E-state index contributed by atoms with van der Waals surface area (Å²) in [6, 6.07) is 15.5. The Morgan fingerprint density at radius 3 is 2.48 bits per heavy atom. The molecule has 0 fully saturated rings. The molecular weight excluding hydrogens is 340 g/mol. The molecule has 27 heavy (non-hydrogen) atoms. The Morgan fingerprint density at radius 2 is 1.85 bits per heavy atom. The quantitative estimate of drug-likeness (QED) is 0.510. The summed E-state index contributed by atoms with van der Waals surface area (Å²) >= 11 is 0. The first-order valence-electron chi connectivity index (χ1n) is 9.12. The van der Waals surface area contributed by atoms with Crippen molar-refractivity contribution in [3.8, 4) is 0 Å². The topological polar surface area (TPSA) is 65.1 Å². The van der Waals surface area contributed by atoms with E-state index in [9.17, 15) is 14.9 Å². The fourth-order valence-electron chi connectivity index (χ4n) is 4.85. The van der Waals surface area contributed by atoms with Crippen molar-refractivity contribution in [2.24, 2.45) is 7.05 Å². The minimum atomic E-state index is -1.31. The molecule has 0 bridgehead atoms. The highest BCUT2D eigenvalue weighted by atomic mass is 16.6. The number of hydrogen-bond donors (Lipinski definition) is 0. The van der Waals surface area contributed by atoms with Gasteiger partial charge in [-0.1, -0.05) is 42.5 Å². The van der Waals surface area contributed by atoms with Gasteiger partial charge in [0.05, 0.1) is 11.8 Å². The molecule has 0 aliphatic heterocycles. The van der Waals surface area contributed by atoms with E-state index in [1.54, 1.807) is 6.92 Å². The maximum Gasteiger partial charge on any atom is 0.237 e. The van der Waals surface area contributed by atoms with Crippen molar-refractivity contribution in [2.75, 3.05) is 0 Å². The number of hydrogen-bond acceptors (Lipinski definition) is 3. The van der Waals surface area contributed by atoms with Crippen molar-refractivity contribution in [2.45, 2.75) is 37.6 Å². The molecule has 1 aliphatic rings. The summed E-state index contributed by atoms with van der Waals surface area (Å²) in [6.45, 7) is 3.21. The summed E-state index contributed by atoms with van der Waals surface area (Å²) in [5.74, 6) is -0.929. The first-order chi connectivity index (χ1) is 12.9. The number of ketones is 1. The van der Waals surface area contributed by atoms with Gasteiger partial charge in [-0.05, 0) is 29.7 Å². The molecule has 1 heterocycles. The van der Waals surface area contributed by atoms with Gasteiger partial charge in [-0.15, -0.1) is 0 Å². The van der Waals surface area contributed by atoms with Crippen molar-refractivity contribution in [3.05, 3.63) is 81.5 Å². The van der Waals surface area contributed by atoms with Crippen LogP contribution in [0.15, 0.2) is 54.7 Å². The van der Waals surface area contributed by atoms with Gasteiger partial charge in [-0.25, -0.2) is 0 Å². The van der Waals surface area contributed by atoms with Crippen LogP contribution in [0, 0.1) is 10.1 Å². The predicted octanol–water partition coefficient (Wildman–Crippen LogP) is 4.42. The number of rotatable bonds is 4. The second-order valence-electron chi connectivity index (χ2n) is 7.72. The molecule has 2 aromatic carbocycles. The van der Waals surface area contributed by atoms with E-state index in [-0.39, 0.29) is 17.1 Å². The second-order valence-corrected chi connectivity index (χ2v) is 7.72. The van der Waals surface area contributed by atoms with E-state index in [1.807, 2.05) is 66.3 Å². The molecule has 0 radical (unpaired) electrons. The van der Waals surface area contributed by atoms with E-state index in [0.29, 0.717) is 0 Å². The Bertz CT molecular complexity index is 1050. The highest BCUT2D eigenvalue weighted by Gasteiger charge is 2.58. The van der Waals surface area contributed by atoms with Crippen LogP contribution in [0.2, 0.25) is 0 Å². The normalized spacial score (nSPS) is 24.1. The van der Waals surface area contributed by atoms with Crippen LogP contribution >= 0.6 is 0 Å². The Labute approximate surface area is 157 Å². The van der Waals surface area contributed by atoms with E-state index >= 15 is 0 Å². The summed E-state index contributed by atoms with van der Waals surface area (Å²) in [5.41, 5.74) is 2.52. The number of aryl methyl sites for hydroxylation is 1. The Hall–Kier alpha value is -2.95. The average molecular weight is 362 g/mol. The van der Waals surface area contributed by atoms with Gasteiger partial charge >= 0.3 is 0 Å². The highest BCUT2D eigenvalue weighted by molar-refractivity contribution is 5.91. The molecule has 5 heteroatoms. The number of nitro groups is 1. The van der Waals surface area contributed by atoms with Crippen LogP contribution < -0.4 is 0 Å². The first-order valence-corrected chi connectivity index (χ1v) is 9.12. The molecule has 3 aromatic rings. The van der Waals surface area contributed by atoms with Gasteiger partial charge in [-0.2, -0.15) is 0 Å².